The van der Waals surface area contributed by atoms with E-state index in [1.165, 1.54) is 24.8 Å². The van der Waals surface area contributed by atoms with E-state index in [2.05, 4.69) is 30.6 Å². The maximum absolute atomic E-state index is 3.61. The van der Waals surface area contributed by atoms with Crippen molar-refractivity contribution in [3.63, 3.8) is 0 Å². The largest absolute Gasteiger partial charge is 0.310 e. The van der Waals surface area contributed by atoms with E-state index in [1.807, 2.05) is 11.3 Å². The van der Waals surface area contributed by atoms with Crippen LogP contribution in [0.1, 0.15) is 42.7 Å². The predicted molar refractivity (Wildman–Crippen MR) is 62.8 cm³/mol. The smallest absolute Gasteiger partial charge is 0.0420 e. The normalized spacial score (nSPS) is 18.4. The van der Waals surface area contributed by atoms with Gasteiger partial charge in [-0.05, 0) is 42.8 Å². The molecular weight excluding hydrogens is 190 g/mol. The van der Waals surface area contributed by atoms with Crippen molar-refractivity contribution < 1.29 is 0 Å². The Morgan fingerprint density at radius 2 is 2.36 bits per heavy atom. The van der Waals surface area contributed by atoms with Crippen molar-refractivity contribution in [2.45, 2.75) is 39.2 Å². The highest BCUT2D eigenvalue weighted by Gasteiger charge is 2.26. The summed E-state index contributed by atoms with van der Waals surface area (Å²) in [5.41, 5.74) is 1.46. The highest BCUT2D eigenvalue weighted by atomic mass is 32.1. The number of nitrogens with one attached hydrogen (secondary N) is 1. The van der Waals surface area contributed by atoms with Crippen LogP contribution in [0.4, 0.5) is 0 Å². The van der Waals surface area contributed by atoms with Gasteiger partial charge in [-0.25, -0.2) is 0 Å². The molecule has 1 saturated carbocycles. The monoisotopic (exact) mass is 209 g/mol. The molecule has 0 bridgehead atoms. The van der Waals surface area contributed by atoms with Crippen LogP contribution in [0.3, 0.4) is 0 Å². The summed E-state index contributed by atoms with van der Waals surface area (Å²) in [4.78, 5) is 1.55. The number of hydrogen-bond acceptors (Lipinski definition) is 2. The lowest BCUT2D eigenvalue weighted by molar-refractivity contribution is 0.492. The molecule has 14 heavy (non-hydrogen) atoms. The second kappa shape index (κ2) is 4.45. The average Bonchev–Trinajstić information content (AvgIpc) is 2.87. The van der Waals surface area contributed by atoms with Crippen LogP contribution in [-0.2, 0) is 0 Å². The van der Waals surface area contributed by atoms with Crippen LogP contribution in [0.25, 0.3) is 0 Å². The molecular formula is C12H19NS. The van der Waals surface area contributed by atoms with Crippen LogP contribution in [0.15, 0.2) is 11.4 Å². The van der Waals surface area contributed by atoms with E-state index in [9.17, 15) is 0 Å². The lowest BCUT2D eigenvalue weighted by Gasteiger charge is -2.17. The minimum atomic E-state index is 0.618. The van der Waals surface area contributed by atoms with Crippen molar-refractivity contribution >= 4 is 11.3 Å². The third kappa shape index (κ3) is 2.37. The molecule has 1 fully saturated rings. The van der Waals surface area contributed by atoms with Crippen molar-refractivity contribution in [3.8, 4) is 0 Å². The molecule has 0 amide bonds. The zero-order valence-electron chi connectivity index (χ0n) is 9.05. The summed E-state index contributed by atoms with van der Waals surface area (Å²) >= 11 is 1.90. The van der Waals surface area contributed by atoms with Gasteiger partial charge in [0.2, 0.25) is 0 Å². The van der Waals surface area contributed by atoms with Gasteiger partial charge in [-0.1, -0.05) is 19.8 Å². The van der Waals surface area contributed by atoms with E-state index in [4.69, 9.17) is 0 Å². The highest BCUT2D eigenvalue weighted by molar-refractivity contribution is 7.10. The van der Waals surface area contributed by atoms with Gasteiger partial charge in [0.1, 0.15) is 0 Å². The first-order valence-electron chi connectivity index (χ1n) is 5.58. The van der Waals surface area contributed by atoms with Gasteiger partial charge in [0, 0.05) is 10.9 Å². The van der Waals surface area contributed by atoms with Gasteiger partial charge in [0.05, 0.1) is 0 Å². The van der Waals surface area contributed by atoms with E-state index in [0.29, 0.717) is 6.04 Å². The summed E-state index contributed by atoms with van der Waals surface area (Å²) in [5, 5.41) is 5.82. The quantitative estimate of drug-likeness (QED) is 0.782. The van der Waals surface area contributed by atoms with Gasteiger partial charge in [0.25, 0.3) is 0 Å². The van der Waals surface area contributed by atoms with Crippen molar-refractivity contribution in [2.24, 2.45) is 5.92 Å². The Morgan fingerprint density at radius 1 is 1.57 bits per heavy atom. The molecule has 0 aromatic carbocycles. The standard InChI is InChI=1S/C12H19NS/c1-3-13-11(8-10-4-5-10)12-9(2)6-7-14-12/h6-7,10-11,13H,3-5,8H2,1-2H3. The second-order valence-electron chi connectivity index (χ2n) is 4.26. The first kappa shape index (κ1) is 10.2. The molecule has 0 radical (unpaired) electrons. The first-order chi connectivity index (χ1) is 6.81. The topological polar surface area (TPSA) is 12.0 Å². The maximum atomic E-state index is 3.61. The minimum absolute atomic E-state index is 0.618. The van der Waals surface area contributed by atoms with Gasteiger partial charge >= 0.3 is 0 Å². The Balaban J connectivity index is 2.04. The van der Waals surface area contributed by atoms with Crippen molar-refractivity contribution in [2.75, 3.05) is 6.54 Å². The maximum Gasteiger partial charge on any atom is 0.0420 e. The molecule has 1 atom stereocenters. The summed E-state index contributed by atoms with van der Waals surface area (Å²) in [5.74, 6) is 1.00. The van der Waals surface area contributed by atoms with E-state index < -0.39 is 0 Å². The zero-order chi connectivity index (χ0) is 9.97. The van der Waals surface area contributed by atoms with Gasteiger partial charge < -0.3 is 5.32 Å². The summed E-state index contributed by atoms with van der Waals surface area (Å²) in [7, 11) is 0. The van der Waals surface area contributed by atoms with Crippen LogP contribution < -0.4 is 5.32 Å². The van der Waals surface area contributed by atoms with E-state index in [0.717, 1.165) is 12.5 Å². The third-order valence-corrected chi connectivity index (χ3v) is 4.07. The molecule has 1 unspecified atom stereocenters. The number of rotatable bonds is 5. The minimum Gasteiger partial charge on any atom is -0.310 e. The van der Waals surface area contributed by atoms with Crippen LogP contribution in [0.5, 0.6) is 0 Å². The van der Waals surface area contributed by atoms with Crippen molar-refractivity contribution in [1.82, 2.24) is 5.32 Å². The Bertz CT molecular complexity index is 288. The molecule has 2 heteroatoms. The Morgan fingerprint density at radius 3 is 2.86 bits per heavy atom. The molecule has 1 aliphatic carbocycles. The molecule has 1 nitrogen and oxygen atoms in total. The Hall–Kier alpha value is -0.340. The fourth-order valence-corrected chi connectivity index (χ4v) is 2.97. The molecule has 0 aliphatic heterocycles. The molecule has 0 saturated heterocycles. The highest BCUT2D eigenvalue weighted by Crippen LogP contribution is 2.39. The molecule has 78 valence electrons. The number of hydrogen-bond donors (Lipinski definition) is 1. The Kier molecular flexibility index (Phi) is 3.24. The number of aryl methyl sites for hydroxylation is 1. The summed E-state index contributed by atoms with van der Waals surface area (Å²) in [6.45, 7) is 5.50. The van der Waals surface area contributed by atoms with Crippen LogP contribution in [0.2, 0.25) is 0 Å². The van der Waals surface area contributed by atoms with Crippen LogP contribution in [0, 0.1) is 12.8 Å². The van der Waals surface area contributed by atoms with Crippen molar-refractivity contribution in [3.05, 3.63) is 21.9 Å². The summed E-state index contributed by atoms with van der Waals surface area (Å²) in [6.07, 6.45) is 4.24. The van der Waals surface area contributed by atoms with Gasteiger partial charge in [-0.15, -0.1) is 11.3 Å². The number of thiophene rings is 1. The molecule has 2 rings (SSSR count). The van der Waals surface area contributed by atoms with Crippen LogP contribution >= 0.6 is 11.3 Å². The average molecular weight is 209 g/mol. The second-order valence-corrected chi connectivity index (χ2v) is 5.20. The molecule has 1 aromatic rings. The molecule has 1 heterocycles. The molecule has 1 N–H and O–H groups in total. The molecule has 1 aliphatic rings. The lowest BCUT2D eigenvalue weighted by atomic mass is 10.1. The fraction of sp³-hybridized carbons (Fsp3) is 0.667. The van der Waals surface area contributed by atoms with E-state index in [-0.39, 0.29) is 0 Å². The zero-order valence-corrected chi connectivity index (χ0v) is 9.86. The van der Waals surface area contributed by atoms with Gasteiger partial charge in [-0.3, -0.25) is 0 Å². The summed E-state index contributed by atoms with van der Waals surface area (Å²) < 4.78 is 0. The fourth-order valence-electron chi connectivity index (χ4n) is 1.96. The first-order valence-corrected chi connectivity index (χ1v) is 6.46. The van der Waals surface area contributed by atoms with Crippen molar-refractivity contribution in [1.29, 1.82) is 0 Å². The predicted octanol–water partition coefficient (Wildman–Crippen LogP) is 3.51. The molecule has 1 aromatic heterocycles. The van der Waals surface area contributed by atoms with E-state index in [1.54, 1.807) is 4.88 Å². The summed E-state index contributed by atoms with van der Waals surface area (Å²) in [6, 6.07) is 2.85. The molecule has 0 spiro atoms. The Labute approximate surface area is 90.5 Å². The van der Waals surface area contributed by atoms with Crippen LogP contribution in [-0.4, -0.2) is 6.54 Å². The van der Waals surface area contributed by atoms with Gasteiger partial charge in [-0.2, -0.15) is 0 Å². The third-order valence-electron chi connectivity index (χ3n) is 2.93. The van der Waals surface area contributed by atoms with E-state index >= 15 is 0 Å². The van der Waals surface area contributed by atoms with Gasteiger partial charge in [0.15, 0.2) is 0 Å². The SMILES string of the molecule is CCNC(CC1CC1)c1sccc1C. The lowest BCUT2D eigenvalue weighted by Crippen LogP contribution is -2.21.